The predicted molar refractivity (Wildman–Crippen MR) is 85.3 cm³/mol. The van der Waals surface area contributed by atoms with Crippen molar-refractivity contribution in [1.82, 2.24) is 14.5 Å². The van der Waals surface area contributed by atoms with E-state index in [1.807, 2.05) is 39.9 Å². The number of hydrogen-bond donors (Lipinski definition) is 1. The van der Waals surface area contributed by atoms with Crippen molar-refractivity contribution in [2.75, 3.05) is 13.1 Å². The predicted octanol–water partition coefficient (Wildman–Crippen LogP) is 3.55. The van der Waals surface area contributed by atoms with Gasteiger partial charge < -0.3 is 9.88 Å². The van der Waals surface area contributed by atoms with Gasteiger partial charge in [0.2, 0.25) is 0 Å². The molecule has 3 rings (SSSR count). The number of amides is 1. The molecule has 0 atom stereocenters. The molecule has 0 saturated carbocycles. The number of nitrogens with one attached hydrogen (secondary N) is 1. The largest absolute Gasteiger partial charge is 0.339 e. The number of likely N-dealkylation sites (tertiary alicyclic amines) is 1. The molecule has 21 heavy (non-hydrogen) atoms. The maximum atomic E-state index is 12.5. The van der Waals surface area contributed by atoms with Crippen LogP contribution in [0.5, 0.6) is 0 Å². The van der Waals surface area contributed by atoms with Crippen LogP contribution in [0.2, 0.25) is 0 Å². The topological polar surface area (TPSA) is 41.0 Å². The van der Waals surface area contributed by atoms with Crippen molar-refractivity contribution in [2.45, 2.75) is 25.7 Å². The van der Waals surface area contributed by atoms with Gasteiger partial charge in [-0.3, -0.25) is 9.36 Å². The highest BCUT2D eigenvalue weighted by atomic mass is 32.1. The minimum absolute atomic E-state index is 0.140. The fourth-order valence-electron chi connectivity index (χ4n) is 2.74. The molecule has 1 amide bonds. The van der Waals surface area contributed by atoms with Gasteiger partial charge in [0.15, 0.2) is 4.77 Å². The lowest BCUT2D eigenvalue weighted by atomic mass is 10.1. The molecule has 0 unspecified atom stereocenters. The molecule has 4 nitrogen and oxygen atoms in total. The van der Waals surface area contributed by atoms with Gasteiger partial charge in [-0.1, -0.05) is 12.8 Å². The highest BCUT2D eigenvalue weighted by Crippen LogP contribution is 2.15. The van der Waals surface area contributed by atoms with Gasteiger partial charge in [0.05, 0.1) is 0 Å². The Balaban J connectivity index is 1.79. The first-order chi connectivity index (χ1) is 10.3. The van der Waals surface area contributed by atoms with Gasteiger partial charge >= 0.3 is 0 Å². The number of carbonyl (C=O) groups is 1. The molecule has 0 radical (unpaired) electrons. The van der Waals surface area contributed by atoms with Crippen LogP contribution in [0.4, 0.5) is 0 Å². The summed E-state index contributed by atoms with van der Waals surface area (Å²) in [4.78, 5) is 17.5. The first kappa shape index (κ1) is 14.1. The van der Waals surface area contributed by atoms with E-state index in [0.717, 1.165) is 37.2 Å². The molecule has 1 aliphatic heterocycles. The molecule has 0 spiro atoms. The van der Waals surface area contributed by atoms with Gasteiger partial charge in [-0.05, 0) is 49.3 Å². The lowest BCUT2D eigenvalue weighted by Gasteiger charge is -2.20. The number of rotatable bonds is 2. The molecular formula is C16H19N3OS. The van der Waals surface area contributed by atoms with Crippen LogP contribution in [0.1, 0.15) is 36.0 Å². The number of hydrogen-bond acceptors (Lipinski definition) is 2. The summed E-state index contributed by atoms with van der Waals surface area (Å²) < 4.78 is 2.54. The second kappa shape index (κ2) is 6.26. The average Bonchev–Trinajstić information content (AvgIpc) is 2.78. The van der Waals surface area contributed by atoms with Crippen molar-refractivity contribution in [2.24, 2.45) is 0 Å². The number of benzene rings is 1. The van der Waals surface area contributed by atoms with Crippen LogP contribution in [-0.4, -0.2) is 33.4 Å². The maximum absolute atomic E-state index is 12.5. The fraction of sp³-hybridized carbons (Fsp3) is 0.375. The van der Waals surface area contributed by atoms with Crippen molar-refractivity contribution in [1.29, 1.82) is 0 Å². The van der Waals surface area contributed by atoms with E-state index in [1.165, 1.54) is 12.8 Å². The summed E-state index contributed by atoms with van der Waals surface area (Å²) in [6.45, 7) is 1.76. The fourth-order valence-corrected chi connectivity index (χ4v) is 2.98. The Morgan fingerprint density at radius 2 is 1.71 bits per heavy atom. The number of imidazole rings is 1. The summed E-state index contributed by atoms with van der Waals surface area (Å²) in [6, 6.07) is 7.65. The van der Waals surface area contributed by atoms with Crippen molar-refractivity contribution < 1.29 is 4.79 Å². The van der Waals surface area contributed by atoms with E-state index in [0.29, 0.717) is 4.77 Å². The number of aromatic amines is 1. The van der Waals surface area contributed by atoms with Crippen LogP contribution in [0.15, 0.2) is 36.7 Å². The molecular weight excluding hydrogens is 282 g/mol. The zero-order chi connectivity index (χ0) is 14.7. The molecule has 1 aliphatic rings. The molecule has 110 valence electrons. The second-order valence-electron chi connectivity index (χ2n) is 5.39. The van der Waals surface area contributed by atoms with Crippen molar-refractivity contribution in [3.05, 3.63) is 47.0 Å². The summed E-state index contributed by atoms with van der Waals surface area (Å²) in [5.74, 6) is 0.140. The Hall–Kier alpha value is -1.88. The first-order valence-electron chi connectivity index (χ1n) is 7.41. The Bertz CT molecular complexity index is 663. The van der Waals surface area contributed by atoms with Gasteiger partial charge in [0.25, 0.3) is 5.91 Å². The zero-order valence-electron chi connectivity index (χ0n) is 11.9. The standard InChI is InChI=1S/C16H19N3OS/c20-15(18-10-3-1-2-4-11-18)13-5-7-14(8-6-13)19-12-9-17-16(19)21/h5-9,12H,1-4,10-11H2,(H,17,21). The van der Waals surface area contributed by atoms with E-state index in [2.05, 4.69) is 4.98 Å². The second-order valence-corrected chi connectivity index (χ2v) is 5.78. The normalized spacial score (nSPS) is 15.7. The summed E-state index contributed by atoms with van der Waals surface area (Å²) in [7, 11) is 0. The van der Waals surface area contributed by atoms with E-state index in [4.69, 9.17) is 12.2 Å². The molecule has 1 fully saturated rings. The van der Waals surface area contributed by atoms with Crippen LogP contribution in [-0.2, 0) is 0 Å². The summed E-state index contributed by atoms with van der Waals surface area (Å²) in [5, 5.41) is 0. The van der Waals surface area contributed by atoms with Gasteiger partial charge in [-0.2, -0.15) is 0 Å². The number of nitrogens with zero attached hydrogens (tertiary/aromatic N) is 2. The van der Waals surface area contributed by atoms with E-state index >= 15 is 0 Å². The zero-order valence-corrected chi connectivity index (χ0v) is 12.7. The smallest absolute Gasteiger partial charge is 0.253 e. The highest BCUT2D eigenvalue weighted by molar-refractivity contribution is 7.71. The third-order valence-electron chi connectivity index (χ3n) is 3.93. The Morgan fingerprint density at radius 3 is 2.29 bits per heavy atom. The van der Waals surface area contributed by atoms with E-state index in [-0.39, 0.29) is 5.91 Å². The summed E-state index contributed by atoms with van der Waals surface area (Å²) in [6.07, 6.45) is 8.38. The molecule has 1 aromatic heterocycles. The third-order valence-corrected chi connectivity index (χ3v) is 4.25. The monoisotopic (exact) mass is 301 g/mol. The quantitative estimate of drug-likeness (QED) is 0.862. The molecule has 1 saturated heterocycles. The summed E-state index contributed by atoms with van der Waals surface area (Å²) in [5.41, 5.74) is 1.72. The minimum Gasteiger partial charge on any atom is -0.339 e. The van der Waals surface area contributed by atoms with Crippen molar-refractivity contribution in [3.63, 3.8) is 0 Å². The molecule has 2 aromatic rings. The number of H-pyrrole nitrogens is 1. The SMILES string of the molecule is O=C(c1ccc(-n2cc[nH]c2=S)cc1)N1CCCCCC1. The van der Waals surface area contributed by atoms with Crippen LogP contribution in [0.25, 0.3) is 5.69 Å². The van der Waals surface area contributed by atoms with Gasteiger partial charge in [0, 0.05) is 36.7 Å². The average molecular weight is 301 g/mol. The molecule has 0 aliphatic carbocycles. The Kier molecular flexibility index (Phi) is 4.20. The van der Waals surface area contributed by atoms with Gasteiger partial charge in [0.1, 0.15) is 0 Å². The van der Waals surface area contributed by atoms with Crippen LogP contribution in [0, 0.1) is 4.77 Å². The molecule has 0 bridgehead atoms. The summed E-state index contributed by atoms with van der Waals surface area (Å²) >= 11 is 5.20. The Morgan fingerprint density at radius 1 is 1.05 bits per heavy atom. The van der Waals surface area contributed by atoms with Gasteiger partial charge in [-0.15, -0.1) is 0 Å². The van der Waals surface area contributed by atoms with Crippen LogP contribution in [0.3, 0.4) is 0 Å². The lowest BCUT2D eigenvalue weighted by Crippen LogP contribution is -2.31. The van der Waals surface area contributed by atoms with Crippen LogP contribution >= 0.6 is 12.2 Å². The highest BCUT2D eigenvalue weighted by Gasteiger charge is 2.17. The van der Waals surface area contributed by atoms with Gasteiger partial charge in [-0.25, -0.2) is 0 Å². The third kappa shape index (κ3) is 3.08. The molecule has 5 heteroatoms. The molecule has 2 heterocycles. The maximum Gasteiger partial charge on any atom is 0.253 e. The van der Waals surface area contributed by atoms with E-state index in [1.54, 1.807) is 6.20 Å². The first-order valence-corrected chi connectivity index (χ1v) is 7.82. The minimum atomic E-state index is 0.140. The number of aromatic nitrogens is 2. The Labute approximate surface area is 129 Å². The van der Waals surface area contributed by atoms with E-state index in [9.17, 15) is 4.79 Å². The van der Waals surface area contributed by atoms with Crippen molar-refractivity contribution in [3.8, 4) is 5.69 Å². The van der Waals surface area contributed by atoms with Crippen LogP contribution < -0.4 is 0 Å². The lowest BCUT2D eigenvalue weighted by molar-refractivity contribution is 0.0761. The molecule has 1 aromatic carbocycles. The van der Waals surface area contributed by atoms with Crippen molar-refractivity contribution >= 4 is 18.1 Å². The molecule has 1 N–H and O–H groups in total. The van der Waals surface area contributed by atoms with E-state index < -0.39 is 0 Å². The number of carbonyl (C=O) groups excluding carboxylic acids is 1.